The van der Waals surface area contributed by atoms with E-state index < -0.39 is 9.85 Å². The maximum atomic E-state index is 12.0. The molecule has 2 aromatic carbocycles. The molecule has 10 heteroatoms. The molecule has 0 radical (unpaired) electrons. The Kier molecular flexibility index (Phi) is 4.76. The van der Waals surface area contributed by atoms with E-state index in [-0.39, 0.29) is 17.3 Å². The van der Waals surface area contributed by atoms with E-state index in [4.69, 9.17) is 0 Å². The highest BCUT2D eigenvalue weighted by atomic mass is 32.2. The van der Waals surface area contributed by atoms with Gasteiger partial charge >= 0.3 is 0 Å². The van der Waals surface area contributed by atoms with Crippen LogP contribution in [-0.2, 0) is 4.79 Å². The Labute approximate surface area is 150 Å². The van der Waals surface area contributed by atoms with Gasteiger partial charge in [0.1, 0.15) is 0 Å². The largest absolute Gasteiger partial charge is 0.300 e. The number of nitro benzene ring substituents is 2. The summed E-state index contributed by atoms with van der Waals surface area (Å²) in [7, 11) is 0. The molecule has 130 valence electrons. The summed E-state index contributed by atoms with van der Waals surface area (Å²) in [4.78, 5) is 37.0. The molecule has 1 amide bonds. The number of nitro groups is 2. The number of nitrogens with one attached hydrogen (secondary N) is 1. The van der Waals surface area contributed by atoms with E-state index >= 15 is 0 Å². The molecule has 0 saturated carbocycles. The van der Waals surface area contributed by atoms with Crippen LogP contribution in [0.4, 0.5) is 17.1 Å². The van der Waals surface area contributed by atoms with Crippen LogP contribution in [0.2, 0.25) is 0 Å². The zero-order valence-electron chi connectivity index (χ0n) is 13.0. The van der Waals surface area contributed by atoms with Crippen LogP contribution in [0.15, 0.2) is 58.4 Å². The van der Waals surface area contributed by atoms with Gasteiger partial charge in [0, 0.05) is 24.3 Å². The summed E-state index contributed by atoms with van der Waals surface area (Å²) in [6.45, 7) is 0. The Hall–Kier alpha value is -3.53. The van der Waals surface area contributed by atoms with Crippen molar-refractivity contribution in [1.29, 1.82) is 0 Å². The van der Waals surface area contributed by atoms with Crippen LogP contribution in [0, 0.1) is 20.2 Å². The number of rotatable bonds is 4. The third-order valence-corrected chi connectivity index (χ3v) is 4.23. The summed E-state index contributed by atoms with van der Waals surface area (Å²) < 4.78 is 0. The van der Waals surface area contributed by atoms with Gasteiger partial charge in [-0.1, -0.05) is 12.1 Å². The van der Waals surface area contributed by atoms with Gasteiger partial charge in [0.2, 0.25) is 0 Å². The smallest absolute Gasteiger partial charge is 0.270 e. The molecule has 1 fully saturated rings. The van der Waals surface area contributed by atoms with E-state index in [1.54, 1.807) is 6.07 Å². The average molecular weight is 370 g/mol. The highest BCUT2D eigenvalue weighted by molar-refractivity contribution is 8.18. The van der Waals surface area contributed by atoms with Gasteiger partial charge in [0.05, 0.1) is 20.4 Å². The number of non-ortho nitro benzene ring substituents is 2. The molecular formula is C16H10N4O5S. The van der Waals surface area contributed by atoms with Crippen molar-refractivity contribution in [2.75, 3.05) is 0 Å². The van der Waals surface area contributed by atoms with Crippen LogP contribution < -0.4 is 5.32 Å². The standard InChI is InChI=1S/C16H10N4O5S/c21-15-14(9-10-2-1-3-13(8-10)20(24)25)26-16(18-15)17-11-4-6-12(7-5-11)19(22)23/h1-9H,(H,17,18,21)/b14-9-. The molecule has 0 aromatic heterocycles. The molecule has 1 aliphatic heterocycles. The SMILES string of the molecule is O=C1NC(=Nc2ccc([N+](=O)[O-])cc2)S/C1=C\c1cccc([N+](=O)[O-])c1. The van der Waals surface area contributed by atoms with Gasteiger partial charge in [0.25, 0.3) is 17.3 Å². The highest BCUT2D eigenvalue weighted by Crippen LogP contribution is 2.29. The maximum Gasteiger partial charge on any atom is 0.270 e. The summed E-state index contributed by atoms with van der Waals surface area (Å²) >= 11 is 1.08. The van der Waals surface area contributed by atoms with E-state index in [1.807, 2.05) is 0 Å². The number of carbonyl (C=O) groups is 1. The lowest BCUT2D eigenvalue weighted by Crippen LogP contribution is -2.19. The first-order valence-corrected chi connectivity index (χ1v) is 8.02. The van der Waals surface area contributed by atoms with Gasteiger partial charge in [0.15, 0.2) is 5.17 Å². The fraction of sp³-hybridized carbons (Fsp3) is 0. The molecule has 2 aromatic rings. The minimum absolute atomic E-state index is 0.0525. The number of hydrogen-bond acceptors (Lipinski definition) is 7. The molecule has 1 heterocycles. The van der Waals surface area contributed by atoms with Gasteiger partial charge in [-0.2, -0.15) is 0 Å². The van der Waals surface area contributed by atoms with Crippen molar-refractivity contribution in [2.45, 2.75) is 0 Å². The molecule has 1 aliphatic rings. The van der Waals surface area contributed by atoms with E-state index in [9.17, 15) is 25.0 Å². The Bertz CT molecular complexity index is 969. The molecule has 1 N–H and O–H groups in total. The van der Waals surface area contributed by atoms with Crippen molar-refractivity contribution in [2.24, 2.45) is 4.99 Å². The van der Waals surface area contributed by atoms with Crippen molar-refractivity contribution >= 4 is 46.0 Å². The highest BCUT2D eigenvalue weighted by Gasteiger charge is 2.24. The van der Waals surface area contributed by atoms with Crippen LogP contribution in [0.3, 0.4) is 0 Å². The second-order valence-corrected chi connectivity index (χ2v) is 6.14. The lowest BCUT2D eigenvalue weighted by atomic mass is 10.2. The Balaban J connectivity index is 1.80. The van der Waals surface area contributed by atoms with Crippen LogP contribution in [0.5, 0.6) is 0 Å². The van der Waals surface area contributed by atoms with Gasteiger partial charge < -0.3 is 5.32 Å². The zero-order chi connectivity index (χ0) is 18.7. The van der Waals surface area contributed by atoms with Crippen molar-refractivity contribution in [3.63, 3.8) is 0 Å². The fourth-order valence-corrected chi connectivity index (χ4v) is 2.97. The van der Waals surface area contributed by atoms with Crippen molar-refractivity contribution < 1.29 is 14.6 Å². The second-order valence-electron chi connectivity index (χ2n) is 5.11. The van der Waals surface area contributed by atoms with Crippen LogP contribution in [-0.4, -0.2) is 20.9 Å². The van der Waals surface area contributed by atoms with Crippen LogP contribution in [0.1, 0.15) is 5.56 Å². The lowest BCUT2D eigenvalue weighted by molar-refractivity contribution is -0.385. The van der Waals surface area contributed by atoms with E-state index in [2.05, 4.69) is 10.3 Å². The predicted molar refractivity (Wildman–Crippen MR) is 97.0 cm³/mol. The first-order valence-electron chi connectivity index (χ1n) is 7.21. The summed E-state index contributed by atoms with van der Waals surface area (Å²) in [5.74, 6) is -0.373. The van der Waals surface area contributed by atoms with Gasteiger partial charge in [-0.25, -0.2) is 4.99 Å². The number of hydrogen-bond donors (Lipinski definition) is 1. The molecule has 0 aliphatic carbocycles. The minimum Gasteiger partial charge on any atom is -0.300 e. The number of thioether (sulfide) groups is 1. The van der Waals surface area contributed by atoms with Gasteiger partial charge in [-0.3, -0.25) is 25.0 Å². The molecule has 0 spiro atoms. The summed E-state index contributed by atoms with van der Waals surface area (Å²) in [5, 5.41) is 24.4. The molecule has 0 unspecified atom stereocenters. The fourth-order valence-electron chi connectivity index (χ4n) is 2.13. The lowest BCUT2D eigenvalue weighted by Gasteiger charge is -1.96. The molecule has 0 bridgehead atoms. The molecule has 1 saturated heterocycles. The predicted octanol–water partition coefficient (Wildman–Crippen LogP) is 3.39. The minimum atomic E-state index is -0.511. The second kappa shape index (κ2) is 7.15. The summed E-state index contributed by atoms with van der Waals surface area (Å²) in [6, 6.07) is 11.5. The molecule has 26 heavy (non-hydrogen) atoms. The van der Waals surface area contributed by atoms with Crippen LogP contribution >= 0.6 is 11.8 Å². The third-order valence-electron chi connectivity index (χ3n) is 3.32. The van der Waals surface area contributed by atoms with Crippen LogP contribution in [0.25, 0.3) is 6.08 Å². The summed E-state index contributed by atoms with van der Waals surface area (Å²) in [5.41, 5.74) is 0.856. The van der Waals surface area contributed by atoms with Gasteiger partial charge in [-0.05, 0) is 35.5 Å². The first kappa shape index (κ1) is 17.3. The molecule has 3 rings (SSSR count). The quantitative estimate of drug-likeness (QED) is 0.499. The number of carbonyl (C=O) groups excluding carboxylic acids is 1. The number of aliphatic imine (C=N–C) groups is 1. The van der Waals surface area contributed by atoms with Crippen molar-refractivity contribution in [3.8, 4) is 0 Å². The van der Waals surface area contributed by atoms with Crippen molar-refractivity contribution in [1.82, 2.24) is 5.32 Å². The van der Waals surface area contributed by atoms with E-state index in [0.717, 1.165) is 11.8 Å². The van der Waals surface area contributed by atoms with E-state index in [0.29, 0.717) is 21.3 Å². The molecule has 0 atom stereocenters. The first-order chi connectivity index (χ1) is 12.4. The number of amides is 1. The van der Waals surface area contributed by atoms with Gasteiger partial charge in [-0.15, -0.1) is 0 Å². The molecule has 9 nitrogen and oxygen atoms in total. The maximum absolute atomic E-state index is 12.0. The number of benzene rings is 2. The topological polar surface area (TPSA) is 128 Å². The monoisotopic (exact) mass is 370 g/mol. The Morgan fingerprint density at radius 2 is 1.69 bits per heavy atom. The Morgan fingerprint density at radius 1 is 1.00 bits per heavy atom. The third kappa shape index (κ3) is 3.92. The zero-order valence-corrected chi connectivity index (χ0v) is 13.8. The number of amidine groups is 1. The normalized spacial score (nSPS) is 16.7. The van der Waals surface area contributed by atoms with Crippen molar-refractivity contribution in [3.05, 3.63) is 79.2 Å². The summed E-state index contributed by atoms with van der Waals surface area (Å²) in [6.07, 6.45) is 1.53. The Morgan fingerprint density at radius 3 is 2.35 bits per heavy atom. The average Bonchev–Trinajstić information content (AvgIpc) is 2.94. The van der Waals surface area contributed by atoms with E-state index in [1.165, 1.54) is 48.5 Å². The number of nitrogens with zero attached hydrogens (tertiary/aromatic N) is 3. The molecular weight excluding hydrogens is 360 g/mol.